The van der Waals surface area contributed by atoms with Gasteiger partial charge < -0.3 is 15.1 Å². The van der Waals surface area contributed by atoms with Crippen LogP contribution in [0.15, 0.2) is 59.0 Å². The number of carbonyl (C=O) groups excluding carboxylic acids is 2. The first-order valence-corrected chi connectivity index (χ1v) is 15.2. The van der Waals surface area contributed by atoms with E-state index in [9.17, 15) is 22.8 Å². The zero-order chi connectivity index (χ0) is 31.8. The van der Waals surface area contributed by atoms with Crippen LogP contribution < -0.4 is 10.6 Å². The minimum Gasteiger partial charge on any atom is -0.421 e. The number of nitrogens with zero attached hydrogens (tertiary/aromatic N) is 3. The van der Waals surface area contributed by atoms with Crippen molar-refractivity contribution in [2.75, 3.05) is 0 Å². The van der Waals surface area contributed by atoms with Gasteiger partial charge in [-0.2, -0.15) is 0 Å². The molecule has 0 saturated carbocycles. The van der Waals surface area contributed by atoms with E-state index >= 15 is 0 Å². The third-order valence-electron chi connectivity index (χ3n) is 7.59. The molecule has 0 aliphatic carbocycles. The Labute approximate surface area is 260 Å². The van der Waals surface area contributed by atoms with Gasteiger partial charge in [0.1, 0.15) is 5.82 Å². The Morgan fingerprint density at radius 2 is 1.71 bits per heavy atom. The molecule has 230 valence electrons. The predicted octanol–water partition coefficient (Wildman–Crippen LogP) is 6.74. The number of pyridine rings is 1. The molecule has 0 saturated heterocycles. The highest BCUT2D eigenvalue weighted by molar-refractivity contribution is 7.17. The maximum atomic E-state index is 13.7. The van der Waals surface area contributed by atoms with Gasteiger partial charge in [0.15, 0.2) is 11.6 Å². The molecule has 0 bridgehead atoms. The molecule has 0 radical (unpaired) electrons. The van der Waals surface area contributed by atoms with Crippen molar-refractivity contribution < 1.29 is 27.2 Å². The van der Waals surface area contributed by atoms with Gasteiger partial charge in [-0.1, -0.05) is 32.0 Å². The van der Waals surface area contributed by atoms with E-state index in [4.69, 9.17) is 9.40 Å². The number of hydrogen-bond acceptors (Lipinski definition) is 7. The third-order valence-corrected chi connectivity index (χ3v) is 8.69. The van der Waals surface area contributed by atoms with E-state index in [2.05, 4.69) is 20.8 Å². The van der Waals surface area contributed by atoms with E-state index in [1.54, 1.807) is 31.2 Å². The molecule has 6 rings (SSSR count). The van der Waals surface area contributed by atoms with E-state index in [-0.39, 0.29) is 36.1 Å². The van der Waals surface area contributed by atoms with Crippen molar-refractivity contribution in [3.63, 3.8) is 0 Å². The van der Waals surface area contributed by atoms with Gasteiger partial charge >= 0.3 is 0 Å². The summed E-state index contributed by atoms with van der Waals surface area (Å²) in [6.07, 6.45) is 0.954. The van der Waals surface area contributed by atoms with E-state index < -0.39 is 17.5 Å². The molecule has 2 amide bonds. The van der Waals surface area contributed by atoms with Crippen LogP contribution in [-0.2, 0) is 19.4 Å². The minimum atomic E-state index is -0.997. The van der Waals surface area contributed by atoms with Crippen molar-refractivity contribution >= 4 is 23.2 Å². The summed E-state index contributed by atoms with van der Waals surface area (Å²) >= 11 is 1.17. The van der Waals surface area contributed by atoms with Crippen LogP contribution in [0.3, 0.4) is 0 Å². The fraction of sp³-hybridized carbons (Fsp3) is 0.242. The number of aromatic nitrogens is 3. The lowest BCUT2D eigenvalue weighted by molar-refractivity contribution is 0.0943. The summed E-state index contributed by atoms with van der Waals surface area (Å²) in [7, 11) is 0. The molecule has 3 aromatic heterocycles. The third kappa shape index (κ3) is 6.10. The first-order valence-electron chi connectivity index (χ1n) is 14.3. The highest BCUT2D eigenvalue weighted by Gasteiger charge is 2.38. The highest BCUT2D eigenvalue weighted by atomic mass is 32.1. The number of rotatable bonds is 9. The molecule has 1 aliphatic heterocycles. The number of aryl methyl sites for hydroxylation is 3. The van der Waals surface area contributed by atoms with Gasteiger partial charge in [0.2, 0.25) is 11.8 Å². The number of amides is 2. The Bertz CT molecular complexity index is 1920. The predicted molar refractivity (Wildman–Crippen MR) is 162 cm³/mol. The van der Waals surface area contributed by atoms with Crippen LogP contribution in [-0.4, -0.2) is 27.0 Å². The molecule has 0 spiro atoms. The Morgan fingerprint density at radius 3 is 2.40 bits per heavy atom. The molecule has 2 aromatic carbocycles. The Balaban J connectivity index is 1.43. The highest BCUT2D eigenvalue weighted by Crippen LogP contribution is 2.45. The molecule has 5 aromatic rings. The average Bonchev–Trinajstić information content (AvgIpc) is 3.75. The molecule has 0 unspecified atom stereocenters. The van der Waals surface area contributed by atoms with Gasteiger partial charge in [-0.25, -0.2) is 13.2 Å². The van der Waals surface area contributed by atoms with Crippen LogP contribution in [0.1, 0.15) is 68.3 Å². The summed E-state index contributed by atoms with van der Waals surface area (Å²) in [5, 5.41) is 14.1. The SMILES string of the molecule is Cc1nnc(-c2c(CCc3ccc(F)cc3)nc3c(c2-c2ccc(C(=O)NCc4ccc(F)c(F)c4)s2)C(=O)N[C@H]3C(C)C)o1. The van der Waals surface area contributed by atoms with Gasteiger partial charge in [0.05, 0.1) is 33.4 Å². The monoisotopic (exact) mass is 631 g/mol. The molecule has 8 nitrogen and oxygen atoms in total. The second-order valence-corrected chi connectivity index (χ2v) is 12.2. The molecule has 2 N–H and O–H groups in total. The molecule has 4 heterocycles. The van der Waals surface area contributed by atoms with Crippen LogP contribution >= 0.6 is 11.3 Å². The lowest BCUT2D eigenvalue weighted by Gasteiger charge is -2.18. The topological polar surface area (TPSA) is 110 Å². The zero-order valence-electron chi connectivity index (χ0n) is 24.6. The normalized spacial score (nSPS) is 14.1. The fourth-order valence-corrected chi connectivity index (χ4v) is 6.34. The summed E-state index contributed by atoms with van der Waals surface area (Å²) in [5.41, 5.74) is 3.92. The van der Waals surface area contributed by atoms with E-state index in [1.807, 2.05) is 13.8 Å². The fourth-order valence-electron chi connectivity index (χ4n) is 5.36. The van der Waals surface area contributed by atoms with E-state index in [0.717, 1.165) is 17.7 Å². The van der Waals surface area contributed by atoms with Crippen LogP contribution in [0.4, 0.5) is 13.2 Å². The van der Waals surface area contributed by atoms with E-state index in [0.29, 0.717) is 62.1 Å². The maximum Gasteiger partial charge on any atom is 0.261 e. The number of fused-ring (bicyclic) bond motifs is 1. The molecular formula is C33H28F3N5O3S. The van der Waals surface area contributed by atoms with Crippen molar-refractivity contribution in [2.24, 2.45) is 5.92 Å². The zero-order valence-corrected chi connectivity index (χ0v) is 25.4. The Morgan fingerprint density at radius 1 is 0.956 bits per heavy atom. The lowest BCUT2D eigenvalue weighted by Crippen LogP contribution is -2.23. The number of thiophene rings is 1. The number of halogens is 3. The smallest absolute Gasteiger partial charge is 0.261 e. The molecule has 0 fully saturated rings. The van der Waals surface area contributed by atoms with Gasteiger partial charge in [-0.05, 0) is 66.3 Å². The number of nitrogens with one attached hydrogen (secondary N) is 2. The standard InChI is InChI=1S/C33H28F3N5O3S/c1-16(2)29-30-28(32(43)39-29)27(24-12-13-25(45-24)31(42)37-15-19-6-10-21(35)22(36)14-19)26(33-41-40-17(3)44-33)23(38-30)11-7-18-4-8-20(34)9-5-18/h4-6,8-10,12-14,16,29H,7,11,15H2,1-3H3,(H,37,42)(H,39,43)/t29-/m0/s1. The number of hydrogen-bond donors (Lipinski definition) is 2. The molecule has 1 aliphatic rings. The van der Waals surface area contributed by atoms with Gasteiger partial charge in [0, 0.05) is 23.9 Å². The second-order valence-electron chi connectivity index (χ2n) is 11.1. The molecular weight excluding hydrogens is 603 g/mol. The quantitative estimate of drug-likeness (QED) is 0.187. The lowest BCUT2D eigenvalue weighted by atomic mass is 9.92. The van der Waals surface area contributed by atoms with Crippen LogP contribution in [0, 0.1) is 30.3 Å². The Hall–Kier alpha value is -4.84. The summed E-state index contributed by atoms with van der Waals surface area (Å²) in [6.45, 7) is 5.65. The van der Waals surface area contributed by atoms with Crippen molar-refractivity contribution in [2.45, 2.75) is 46.2 Å². The average molecular weight is 632 g/mol. The van der Waals surface area contributed by atoms with E-state index in [1.165, 1.54) is 29.5 Å². The van der Waals surface area contributed by atoms with Crippen molar-refractivity contribution in [3.05, 3.63) is 111 Å². The van der Waals surface area contributed by atoms with Crippen LogP contribution in [0.2, 0.25) is 0 Å². The first-order chi connectivity index (χ1) is 21.6. The van der Waals surface area contributed by atoms with Gasteiger partial charge in [0.25, 0.3) is 11.8 Å². The van der Waals surface area contributed by atoms with Crippen molar-refractivity contribution in [1.82, 2.24) is 25.8 Å². The summed E-state index contributed by atoms with van der Waals surface area (Å²) in [4.78, 5) is 32.7. The number of benzene rings is 2. The largest absolute Gasteiger partial charge is 0.421 e. The number of carbonyl (C=O) groups is 2. The van der Waals surface area contributed by atoms with Gasteiger partial charge in [-0.15, -0.1) is 21.5 Å². The summed E-state index contributed by atoms with van der Waals surface area (Å²) in [5.74, 6) is -2.46. The van der Waals surface area contributed by atoms with Crippen molar-refractivity contribution in [3.8, 4) is 21.9 Å². The minimum absolute atomic E-state index is 0.00750. The summed E-state index contributed by atoms with van der Waals surface area (Å²) in [6, 6.07) is 12.7. The molecule has 1 atom stereocenters. The Kier molecular flexibility index (Phi) is 8.24. The molecule has 45 heavy (non-hydrogen) atoms. The van der Waals surface area contributed by atoms with Crippen LogP contribution in [0.25, 0.3) is 21.9 Å². The second kappa shape index (κ2) is 12.3. The first kappa shape index (κ1) is 30.2. The van der Waals surface area contributed by atoms with Gasteiger partial charge in [-0.3, -0.25) is 14.6 Å². The maximum absolute atomic E-state index is 13.7. The van der Waals surface area contributed by atoms with Crippen LogP contribution in [0.5, 0.6) is 0 Å². The molecule has 12 heteroatoms. The van der Waals surface area contributed by atoms with Crippen molar-refractivity contribution in [1.29, 1.82) is 0 Å². The summed E-state index contributed by atoms with van der Waals surface area (Å²) < 4.78 is 46.5.